The molecule has 0 spiro atoms. The maximum atomic E-state index is 12.7. The Kier molecular flexibility index (Phi) is 6.66. The Balaban J connectivity index is 1.30. The van der Waals surface area contributed by atoms with Crippen molar-refractivity contribution >= 4 is 40.1 Å². The molecule has 0 bridgehead atoms. The molecule has 0 fully saturated rings. The molecule has 0 aliphatic carbocycles. The number of hydrogen-bond acceptors (Lipinski definition) is 6. The highest BCUT2D eigenvalue weighted by molar-refractivity contribution is 7.98. The highest BCUT2D eigenvalue weighted by atomic mass is 32.2. The van der Waals surface area contributed by atoms with Gasteiger partial charge in [0.05, 0.1) is 16.0 Å². The number of amides is 1. The summed E-state index contributed by atoms with van der Waals surface area (Å²) in [6, 6.07) is 21.6. The van der Waals surface area contributed by atoms with Crippen molar-refractivity contribution < 1.29 is 9.72 Å². The minimum Gasteiger partial charge on any atom is -0.383 e. The number of non-ortho nitro benzene ring substituents is 1. The van der Waals surface area contributed by atoms with Gasteiger partial charge in [-0.3, -0.25) is 14.9 Å². The van der Waals surface area contributed by atoms with E-state index in [2.05, 4.69) is 20.6 Å². The molecule has 4 rings (SSSR count). The number of aromatic nitrogens is 2. The van der Waals surface area contributed by atoms with Crippen LogP contribution in [0.15, 0.2) is 78.0 Å². The third kappa shape index (κ3) is 5.25. The molecule has 8 nitrogen and oxygen atoms in total. The van der Waals surface area contributed by atoms with Gasteiger partial charge in [-0.15, -0.1) is 0 Å². The number of para-hydroxylation sites is 2. The van der Waals surface area contributed by atoms with Crippen LogP contribution in [-0.2, 0) is 5.75 Å². The molecule has 32 heavy (non-hydrogen) atoms. The van der Waals surface area contributed by atoms with Crippen molar-refractivity contribution in [3.63, 3.8) is 0 Å². The summed E-state index contributed by atoms with van der Waals surface area (Å²) in [6.45, 7) is 0.917. The van der Waals surface area contributed by atoms with Crippen LogP contribution in [-0.4, -0.2) is 33.9 Å². The van der Waals surface area contributed by atoms with Crippen LogP contribution in [0, 0.1) is 10.1 Å². The Morgan fingerprint density at radius 3 is 2.53 bits per heavy atom. The zero-order valence-electron chi connectivity index (χ0n) is 17.1. The number of hydrogen-bond donors (Lipinski definition) is 3. The third-order valence-electron chi connectivity index (χ3n) is 4.81. The Hall–Kier alpha value is -3.85. The van der Waals surface area contributed by atoms with E-state index in [1.54, 1.807) is 23.9 Å². The van der Waals surface area contributed by atoms with Crippen molar-refractivity contribution in [1.29, 1.82) is 0 Å². The molecule has 4 aromatic rings. The van der Waals surface area contributed by atoms with Crippen molar-refractivity contribution in [3.05, 3.63) is 94.0 Å². The lowest BCUT2D eigenvalue weighted by Crippen LogP contribution is -2.29. The second-order valence-electron chi connectivity index (χ2n) is 6.99. The van der Waals surface area contributed by atoms with E-state index in [1.165, 1.54) is 12.1 Å². The van der Waals surface area contributed by atoms with Crippen LogP contribution in [0.5, 0.6) is 0 Å². The summed E-state index contributed by atoms with van der Waals surface area (Å²) >= 11 is 1.55. The monoisotopic (exact) mass is 447 g/mol. The molecule has 0 radical (unpaired) electrons. The van der Waals surface area contributed by atoms with Gasteiger partial charge in [-0.25, -0.2) is 4.98 Å². The summed E-state index contributed by atoms with van der Waals surface area (Å²) < 4.78 is 0. The van der Waals surface area contributed by atoms with E-state index in [4.69, 9.17) is 0 Å². The van der Waals surface area contributed by atoms with Gasteiger partial charge in [0.25, 0.3) is 11.6 Å². The quantitative estimate of drug-likeness (QED) is 0.150. The predicted octanol–water partition coefficient (Wildman–Crippen LogP) is 4.61. The van der Waals surface area contributed by atoms with Crippen LogP contribution >= 0.6 is 11.8 Å². The van der Waals surface area contributed by atoms with Gasteiger partial charge in [0, 0.05) is 42.2 Å². The number of imidazole rings is 1. The normalized spacial score (nSPS) is 10.8. The summed E-state index contributed by atoms with van der Waals surface area (Å²) in [6.07, 6.45) is 0. The third-order valence-corrected chi connectivity index (χ3v) is 5.73. The van der Waals surface area contributed by atoms with Gasteiger partial charge in [0.15, 0.2) is 5.16 Å². The molecule has 1 aromatic heterocycles. The number of carbonyl (C=O) groups excluding carboxylic acids is 1. The SMILES string of the molecule is O=C(NCCNc1ccc([N+](=O)[O-])cc1)c1ccccc1CSc1nc2ccccc2[nH]1. The lowest BCUT2D eigenvalue weighted by molar-refractivity contribution is -0.384. The largest absolute Gasteiger partial charge is 0.383 e. The number of H-pyrrole nitrogens is 1. The highest BCUT2D eigenvalue weighted by Gasteiger charge is 2.12. The predicted molar refractivity (Wildman–Crippen MR) is 126 cm³/mol. The van der Waals surface area contributed by atoms with E-state index in [9.17, 15) is 14.9 Å². The van der Waals surface area contributed by atoms with Crippen LogP contribution in [0.3, 0.4) is 0 Å². The molecule has 162 valence electrons. The Labute approximate surface area is 188 Å². The first-order valence-electron chi connectivity index (χ1n) is 10.0. The molecule has 0 aliphatic rings. The number of nitro benzene ring substituents is 1. The summed E-state index contributed by atoms with van der Waals surface area (Å²) in [5.41, 5.74) is 4.27. The minimum atomic E-state index is -0.437. The number of nitrogens with zero attached hydrogens (tertiary/aromatic N) is 2. The van der Waals surface area contributed by atoms with E-state index in [0.29, 0.717) is 24.4 Å². The zero-order valence-corrected chi connectivity index (χ0v) is 17.9. The first kappa shape index (κ1) is 21.4. The lowest BCUT2D eigenvalue weighted by Gasteiger charge is -2.11. The fourth-order valence-corrected chi connectivity index (χ4v) is 4.08. The fraction of sp³-hybridized carbons (Fsp3) is 0.130. The van der Waals surface area contributed by atoms with Gasteiger partial charge in [-0.05, 0) is 35.9 Å². The first-order chi connectivity index (χ1) is 15.6. The van der Waals surface area contributed by atoms with E-state index in [-0.39, 0.29) is 11.6 Å². The summed E-state index contributed by atoms with van der Waals surface area (Å²) in [4.78, 5) is 30.8. The molecule has 0 saturated carbocycles. The van der Waals surface area contributed by atoms with E-state index >= 15 is 0 Å². The number of rotatable bonds is 9. The van der Waals surface area contributed by atoms with Crippen molar-refractivity contribution in [1.82, 2.24) is 15.3 Å². The van der Waals surface area contributed by atoms with Crippen molar-refractivity contribution in [2.24, 2.45) is 0 Å². The number of nitro groups is 1. The standard InChI is InChI=1S/C23H21N5O3S/c29-22(25-14-13-24-17-9-11-18(12-10-17)28(30)31)19-6-2-1-5-16(19)15-32-23-26-20-7-3-4-8-21(20)27-23/h1-12,24H,13-15H2,(H,25,29)(H,26,27). The molecular formula is C23H21N5O3S. The zero-order chi connectivity index (χ0) is 22.3. The number of nitrogens with one attached hydrogen (secondary N) is 3. The molecular weight excluding hydrogens is 426 g/mol. The number of aromatic amines is 1. The van der Waals surface area contributed by atoms with Crippen LogP contribution in [0.1, 0.15) is 15.9 Å². The molecule has 0 saturated heterocycles. The van der Waals surface area contributed by atoms with Crippen LogP contribution in [0.2, 0.25) is 0 Å². The van der Waals surface area contributed by atoms with Crippen LogP contribution in [0.4, 0.5) is 11.4 Å². The smallest absolute Gasteiger partial charge is 0.269 e. The number of fused-ring (bicyclic) bond motifs is 1. The summed E-state index contributed by atoms with van der Waals surface area (Å²) in [5.74, 6) is 0.473. The van der Waals surface area contributed by atoms with E-state index in [0.717, 1.165) is 27.4 Å². The Morgan fingerprint density at radius 1 is 1.00 bits per heavy atom. The molecule has 1 amide bonds. The van der Waals surface area contributed by atoms with Crippen molar-refractivity contribution in [2.45, 2.75) is 10.9 Å². The number of thioether (sulfide) groups is 1. The molecule has 9 heteroatoms. The number of benzene rings is 3. The molecule has 0 atom stereocenters. The van der Waals surface area contributed by atoms with Gasteiger partial charge in [-0.1, -0.05) is 42.1 Å². The maximum Gasteiger partial charge on any atom is 0.269 e. The Bertz CT molecular complexity index is 1210. The first-order valence-corrected chi connectivity index (χ1v) is 11.0. The molecule has 0 aliphatic heterocycles. The molecule has 0 unspecified atom stereocenters. The number of carbonyl (C=O) groups is 1. The van der Waals surface area contributed by atoms with Gasteiger partial charge < -0.3 is 15.6 Å². The average molecular weight is 448 g/mol. The van der Waals surface area contributed by atoms with Crippen molar-refractivity contribution in [3.8, 4) is 0 Å². The number of anilines is 1. The average Bonchev–Trinajstić information content (AvgIpc) is 3.24. The van der Waals surface area contributed by atoms with Crippen LogP contribution < -0.4 is 10.6 Å². The maximum absolute atomic E-state index is 12.7. The van der Waals surface area contributed by atoms with Gasteiger partial charge in [0.1, 0.15) is 0 Å². The van der Waals surface area contributed by atoms with Gasteiger partial charge >= 0.3 is 0 Å². The molecule has 3 aromatic carbocycles. The van der Waals surface area contributed by atoms with Gasteiger partial charge in [-0.2, -0.15) is 0 Å². The van der Waals surface area contributed by atoms with E-state index in [1.807, 2.05) is 48.5 Å². The summed E-state index contributed by atoms with van der Waals surface area (Å²) in [5, 5.41) is 17.6. The van der Waals surface area contributed by atoms with Gasteiger partial charge in [0.2, 0.25) is 0 Å². The Morgan fingerprint density at radius 2 is 1.75 bits per heavy atom. The van der Waals surface area contributed by atoms with Crippen LogP contribution in [0.25, 0.3) is 11.0 Å². The highest BCUT2D eigenvalue weighted by Crippen LogP contribution is 2.24. The molecule has 3 N–H and O–H groups in total. The van der Waals surface area contributed by atoms with Crippen molar-refractivity contribution in [2.75, 3.05) is 18.4 Å². The second kappa shape index (κ2) is 9.97. The summed E-state index contributed by atoms with van der Waals surface area (Å²) in [7, 11) is 0. The fourth-order valence-electron chi connectivity index (χ4n) is 3.19. The molecule has 1 heterocycles. The minimum absolute atomic E-state index is 0.0426. The second-order valence-corrected chi connectivity index (χ2v) is 7.96. The topological polar surface area (TPSA) is 113 Å². The lowest BCUT2D eigenvalue weighted by atomic mass is 10.1. The van der Waals surface area contributed by atoms with E-state index < -0.39 is 4.92 Å².